The molecule has 0 saturated carbocycles. The minimum absolute atomic E-state index is 0.105. The maximum Gasteiger partial charge on any atom is 0.308 e. The smallest absolute Gasteiger partial charge is 0.308 e. The molecule has 2 rings (SSSR count). The van der Waals surface area contributed by atoms with Gasteiger partial charge < -0.3 is 5.11 Å². The molecule has 1 aliphatic heterocycles. The van der Waals surface area contributed by atoms with Crippen LogP contribution in [0.2, 0.25) is 0 Å². The van der Waals surface area contributed by atoms with Crippen molar-refractivity contribution in [3.63, 3.8) is 0 Å². The van der Waals surface area contributed by atoms with Gasteiger partial charge in [0.1, 0.15) is 0 Å². The fraction of sp³-hybridized carbons (Fsp3) is 0.562. The van der Waals surface area contributed by atoms with Crippen molar-refractivity contribution in [1.29, 1.82) is 0 Å². The van der Waals surface area contributed by atoms with E-state index in [2.05, 4.69) is 43.9 Å². The van der Waals surface area contributed by atoms with Crippen molar-refractivity contribution < 1.29 is 9.90 Å². The number of aliphatic carboxylic acids is 1. The van der Waals surface area contributed by atoms with Gasteiger partial charge in [-0.3, -0.25) is 9.69 Å². The Bertz CT molecular complexity index is 463. The van der Waals surface area contributed by atoms with E-state index in [4.69, 9.17) is 0 Å². The summed E-state index contributed by atoms with van der Waals surface area (Å²) in [6, 6.07) is 6.96. The number of likely N-dealkylation sites (tertiary alicyclic amines) is 1. The first-order chi connectivity index (χ1) is 8.90. The largest absolute Gasteiger partial charge is 0.481 e. The molecule has 1 fully saturated rings. The van der Waals surface area contributed by atoms with Crippen LogP contribution in [-0.4, -0.2) is 28.6 Å². The molecule has 1 aromatic carbocycles. The van der Waals surface area contributed by atoms with Gasteiger partial charge in [0, 0.05) is 12.1 Å². The number of carbonyl (C=O) groups is 1. The molecule has 0 bridgehead atoms. The Morgan fingerprint density at radius 3 is 2.37 bits per heavy atom. The molecule has 0 radical (unpaired) electrons. The van der Waals surface area contributed by atoms with Crippen molar-refractivity contribution in [2.45, 2.75) is 46.2 Å². The summed E-state index contributed by atoms with van der Waals surface area (Å²) in [5, 5.41) is 9.22. The molecule has 1 heterocycles. The van der Waals surface area contributed by atoms with E-state index in [1.807, 2.05) is 6.92 Å². The summed E-state index contributed by atoms with van der Waals surface area (Å²) in [6.07, 6.45) is 0.756. The molecule has 1 N–H and O–H groups in total. The van der Waals surface area contributed by atoms with Gasteiger partial charge in [0.05, 0.1) is 5.92 Å². The van der Waals surface area contributed by atoms with Crippen LogP contribution in [-0.2, 0) is 4.79 Å². The number of benzene rings is 1. The number of rotatable bonds is 3. The molecule has 1 aromatic rings. The normalized spacial score (nSPS) is 25.5. The molecule has 3 heteroatoms. The van der Waals surface area contributed by atoms with E-state index in [0.29, 0.717) is 0 Å². The molecule has 0 aromatic heterocycles. The van der Waals surface area contributed by atoms with Gasteiger partial charge in [0.2, 0.25) is 0 Å². The van der Waals surface area contributed by atoms with Crippen LogP contribution in [0.1, 0.15) is 43.0 Å². The quantitative estimate of drug-likeness (QED) is 0.908. The molecule has 0 spiro atoms. The first-order valence-corrected chi connectivity index (χ1v) is 6.97. The minimum atomic E-state index is -0.664. The van der Waals surface area contributed by atoms with Crippen LogP contribution in [0.15, 0.2) is 18.2 Å². The number of carboxylic acids is 1. The molecule has 0 aliphatic carbocycles. The first kappa shape index (κ1) is 14.1. The third-order valence-corrected chi connectivity index (χ3v) is 4.34. The van der Waals surface area contributed by atoms with Crippen molar-refractivity contribution in [3.05, 3.63) is 34.9 Å². The Morgan fingerprint density at radius 2 is 1.89 bits per heavy atom. The number of carboxylic acid groups (broad SMARTS) is 1. The first-order valence-electron chi connectivity index (χ1n) is 6.97. The fourth-order valence-corrected chi connectivity index (χ4v) is 3.28. The molecule has 1 aliphatic rings. The second-order valence-corrected chi connectivity index (χ2v) is 5.81. The van der Waals surface area contributed by atoms with Gasteiger partial charge in [0.25, 0.3) is 0 Å². The zero-order chi connectivity index (χ0) is 14.2. The van der Waals surface area contributed by atoms with Crippen LogP contribution in [0.4, 0.5) is 0 Å². The third kappa shape index (κ3) is 2.81. The van der Waals surface area contributed by atoms with E-state index < -0.39 is 5.97 Å². The number of hydrogen-bond acceptors (Lipinski definition) is 2. The lowest BCUT2D eigenvalue weighted by Gasteiger charge is -2.30. The highest BCUT2D eigenvalue weighted by atomic mass is 16.4. The van der Waals surface area contributed by atoms with Gasteiger partial charge in [-0.15, -0.1) is 0 Å². The van der Waals surface area contributed by atoms with Crippen molar-refractivity contribution in [1.82, 2.24) is 4.90 Å². The van der Waals surface area contributed by atoms with E-state index in [1.54, 1.807) is 0 Å². The number of nitrogens with zero attached hydrogens (tertiary/aromatic N) is 1. The highest BCUT2D eigenvalue weighted by Crippen LogP contribution is 2.33. The average Bonchev–Trinajstić information content (AvgIpc) is 2.69. The standard InChI is InChI=1S/C16H23NO2/c1-10-7-11(2)9-14(8-10)12(3)17-6-5-15(13(17)4)16(18)19/h7-9,12-13,15H,5-6H2,1-4H3,(H,18,19). The van der Waals surface area contributed by atoms with Gasteiger partial charge >= 0.3 is 5.97 Å². The van der Waals surface area contributed by atoms with Crippen LogP contribution in [0.25, 0.3) is 0 Å². The van der Waals surface area contributed by atoms with Crippen molar-refractivity contribution in [3.8, 4) is 0 Å². The molecule has 3 unspecified atom stereocenters. The van der Waals surface area contributed by atoms with Crippen molar-refractivity contribution in [2.75, 3.05) is 6.54 Å². The Labute approximate surface area is 115 Å². The summed E-state index contributed by atoms with van der Waals surface area (Å²) in [6.45, 7) is 9.29. The fourth-order valence-electron chi connectivity index (χ4n) is 3.28. The SMILES string of the molecule is Cc1cc(C)cc(C(C)N2CCC(C(=O)O)C2C)c1. The van der Waals surface area contributed by atoms with E-state index >= 15 is 0 Å². The predicted octanol–water partition coefficient (Wildman–Crippen LogP) is 3.16. The van der Waals surface area contributed by atoms with E-state index in [9.17, 15) is 9.90 Å². The van der Waals surface area contributed by atoms with Gasteiger partial charge in [-0.2, -0.15) is 0 Å². The molecule has 0 amide bonds. The van der Waals surface area contributed by atoms with E-state index in [-0.39, 0.29) is 18.0 Å². The molecular weight excluding hydrogens is 238 g/mol. The van der Waals surface area contributed by atoms with Gasteiger partial charge in [-0.1, -0.05) is 29.3 Å². The summed E-state index contributed by atoms with van der Waals surface area (Å²) in [5.41, 5.74) is 3.82. The molecule has 104 valence electrons. The van der Waals surface area contributed by atoms with Crippen LogP contribution >= 0.6 is 0 Å². The zero-order valence-electron chi connectivity index (χ0n) is 12.2. The Morgan fingerprint density at radius 1 is 1.32 bits per heavy atom. The summed E-state index contributed by atoms with van der Waals surface area (Å²) < 4.78 is 0. The number of aryl methyl sites for hydroxylation is 2. The average molecular weight is 261 g/mol. The molecule has 3 nitrogen and oxygen atoms in total. The Kier molecular flexibility index (Phi) is 3.95. The van der Waals surface area contributed by atoms with Gasteiger partial charge in [0.15, 0.2) is 0 Å². The van der Waals surface area contributed by atoms with Gasteiger partial charge in [-0.05, 0) is 46.2 Å². The lowest BCUT2D eigenvalue weighted by atomic mass is 9.99. The number of hydrogen-bond donors (Lipinski definition) is 1. The second kappa shape index (κ2) is 5.33. The summed E-state index contributed by atoms with van der Waals surface area (Å²) in [5.74, 6) is -0.893. The molecule has 1 saturated heterocycles. The maximum atomic E-state index is 11.2. The summed E-state index contributed by atoms with van der Waals surface area (Å²) in [7, 11) is 0. The van der Waals surface area contributed by atoms with Crippen LogP contribution < -0.4 is 0 Å². The summed E-state index contributed by atoms with van der Waals surface area (Å²) >= 11 is 0. The van der Waals surface area contributed by atoms with Crippen molar-refractivity contribution >= 4 is 5.97 Å². The third-order valence-electron chi connectivity index (χ3n) is 4.34. The zero-order valence-corrected chi connectivity index (χ0v) is 12.2. The molecular formula is C16H23NO2. The second-order valence-electron chi connectivity index (χ2n) is 5.81. The van der Waals surface area contributed by atoms with Crippen LogP contribution in [0, 0.1) is 19.8 Å². The maximum absolute atomic E-state index is 11.2. The van der Waals surface area contributed by atoms with Crippen LogP contribution in [0.5, 0.6) is 0 Å². The highest BCUT2D eigenvalue weighted by Gasteiger charge is 2.37. The van der Waals surface area contributed by atoms with E-state index in [1.165, 1.54) is 16.7 Å². The van der Waals surface area contributed by atoms with E-state index in [0.717, 1.165) is 13.0 Å². The molecule has 3 atom stereocenters. The lowest BCUT2D eigenvalue weighted by molar-refractivity contribution is -0.142. The lowest BCUT2D eigenvalue weighted by Crippen LogP contribution is -2.34. The molecule has 19 heavy (non-hydrogen) atoms. The monoisotopic (exact) mass is 261 g/mol. The summed E-state index contributed by atoms with van der Waals surface area (Å²) in [4.78, 5) is 13.5. The van der Waals surface area contributed by atoms with Crippen molar-refractivity contribution in [2.24, 2.45) is 5.92 Å². The highest BCUT2D eigenvalue weighted by molar-refractivity contribution is 5.71. The predicted molar refractivity (Wildman–Crippen MR) is 76.2 cm³/mol. The van der Waals surface area contributed by atoms with Gasteiger partial charge in [-0.25, -0.2) is 0 Å². The minimum Gasteiger partial charge on any atom is -0.481 e. The van der Waals surface area contributed by atoms with Crippen LogP contribution in [0.3, 0.4) is 0 Å². The Balaban J connectivity index is 2.20. The Hall–Kier alpha value is -1.35. The topological polar surface area (TPSA) is 40.5 Å².